The first-order chi connectivity index (χ1) is 62.0. The van der Waals surface area contributed by atoms with Crippen LogP contribution in [0.25, 0.3) is 0 Å². The molecule has 8 aromatic carbocycles. The van der Waals surface area contributed by atoms with E-state index in [0.717, 1.165) is 56.7 Å². The molecule has 16 nitrogen and oxygen atoms in total. The third-order valence-corrected chi connectivity index (χ3v) is 26.8. The first-order valence-electron chi connectivity index (χ1n) is 40.0. The third kappa shape index (κ3) is 20.2. The Balaban J connectivity index is 0.000000120. The van der Waals surface area contributed by atoms with Crippen molar-refractivity contribution < 1.29 is 0 Å². The van der Waals surface area contributed by atoms with Crippen molar-refractivity contribution in [1.29, 1.82) is 0 Å². The Kier molecular flexibility index (Phi) is 29.0. The van der Waals surface area contributed by atoms with Crippen LogP contribution in [0.5, 0.6) is 0 Å². The molecule has 20 rings (SSSR count). The highest BCUT2D eigenvalue weighted by Gasteiger charge is 2.59. The fourth-order valence-electron chi connectivity index (χ4n) is 19.3. The van der Waals surface area contributed by atoms with E-state index in [0.29, 0.717) is 41.2 Å². The molecule has 4 aliphatic rings. The van der Waals surface area contributed by atoms with Crippen molar-refractivity contribution in [3.8, 4) is 0 Å². The van der Waals surface area contributed by atoms with Gasteiger partial charge < -0.3 is 0 Å². The summed E-state index contributed by atoms with van der Waals surface area (Å²) in [4.78, 5) is 68.6. The minimum Gasteiger partial charge on any atom is -0.223 e. The van der Waals surface area contributed by atoms with E-state index in [1.54, 1.807) is 48.5 Å². The van der Waals surface area contributed by atoms with Crippen molar-refractivity contribution in [2.45, 2.75) is 94.7 Å². The highest BCUT2D eigenvalue weighted by Crippen LogP contribution is 2.70. The van der Waals surface area contributed by atoms with E-state index in [-0.39, 0.29) is 137 Å². The van der Waals surface area contributed by atoms with Gasteiger partial charge in [-0.05, 0) is 186 Å². The molecule has 32 heteroatoms. The molecule has 4 saturated carbocycles. The SMILES string of the molecule is Clc1cc(C2C(c3ccccc3)C(c3cc(Cl)nc(Cl)n3)C2c2ccccc2)nc(Cl)n1.Clc1cc([C@@H]2[C@@H](c3ccccc3)[C@@H](c3ccccc3)[C@@H]2c2cc(Cl)nc(Cl)n2)nc(Cl)n1.Clc1cc([C@@H]2[C@H](c3ccccc3)[C@H](c3ccccc3)[C@H]2c2cc(Cl)nc(Cl)n2)nc(Cl)n1.Clc1cc([C@H]2[C@H](c3ccccc3)[C@H](c3ccccc3)[C@@H]2c2cc(Cl)nc(Cl)n2)nc(Cl)n1. The van der Waals surface area contributed by atoms with Crippen LogP contribution in [0.15, 0.2) is 291 Å². The molecule has 4 aliphatic carbocycles. The van der Waals surface area contributed by atoms with Gasteiger partial charge in [-0.1, -0.05) is 335 Å². The number of benzene rings is 8. The van der Waals surface area contributed by atoms with Crippen LogP contribution in [0.3, 0.4) is 0 Å². The lowest BCUT2D eigenvalue weighted by molar-refractivity contribution is 0.220. The maximum absolute atomic E-state index is 6.27. The van der Waals surface area contributed by atoms with Gasteiger partial charge in [0.1, 0.15) is 41.2 Å². The zero-order chi connectivity index (χ0) is 89.0. The average molecular weight is 2010 g/mol. The highest BCUT2D eigenvalue weighted by molar-refractivity contribution is 6.35. The Labute approximate surface area is 816 Å². The second-order valence-corrected chi connectivity index (χ2v) is 36.6. The van der Waals surface area contributed by atoms with E-state index in [4.69, 9.17) is 186 Å². The first kappa shape index (κ1) is 91.0. The molecule has 16 aromatic rings. The predicted octanol–water partition coefficient (Wildman–Crippen LogP) is 29.3. The standard InChI is InChI=1S/4C24H16Cl4N4/c25-17-11-15(29-23(27)31-17)21-19(13-7-3-1-4-8-13)22(16-12-18(26)32-24(28)30-16)20(21)14-9-5-2-6-10-14;3*25-17-11-15(29-23(27)31-17)21-19(13-7-3-1-4-8-13)20(14-9-5-2-6-10-14)22(21)16-12-18(26)32-24(28)30-16/h4*1-12,19-22H/t;19-,20+,21+,22-;2*19-,20+,21-,22-/m..10/s1. The van der Waals surface area contributed by atoms with Crippen molar-refractivity contribution in [2.24, 2.45) is 0 Å². The van der Waals surface area contributed by atoms with Gasteiger partial charge in [0.15, 0.2) is 0 Å². The Morgan fingerprint density at radius 3 is 0.312 bits per heavy atom. The summed E-state index contributed by atoms with van der Waals surface area (Å²) in [5.41, 5.74) is 15.6. The van der Waals surface area contributed by atoms with Crippen LogP contribution in [0.2, 0.25) is 83.5 Å². The molecular weight excluding hydrogens is 1940 g/mol. The van der Waals surface area contributed by atoms with Crippen molar-refractivity contribution >= 4 is 186 Å². The number of halogens is 16. The zero-order valence-electron chi connectivity index (χ0n) is 66.2. The second-order valence-electron chi connectivity index (χ2n) is 30.8. The zero-order valence-corrected chi connectivity index (χ0v) is 78.2. The van der Waals surface area contributed by atoms with E-state index in [9.17, 15) is 0 Å². The summed E-state index contributed by atoms with van der Waals surface area (Å²) in [6, 6.07) is 96.9. The van der Waals surface area contributed by atoms with Gasteiger partial charge in [-0.2, -0.15) is 0 Å². The Morgan fingerprint density at radius 1 is 0.117 bits per heavy atom. The van der Waals surface area contributed by atoms with Crippen LogP contribution >= 0.6 is 186 Å². The summed E-state index contributed by atoms with van der Waals surface area (Å²) >= 11 is 99.7. The summed E-state index contributed by atoms with van der Waals surface area (Å²) in [5.74, 6) is 0.339. The van der Waals surface area contributed by atoms with Crippen molar-refractivity contribution in [3.05, 3.63) is 465 Å². The molecule has 0 bridgehead atoms. The van der Waals surface area contributed by atoms with Gasteiger partial charge in [0.25, 0.3) is 0 Å². The smallest absolute Gasteiger partial charge is 0.223 e. The largest absolute Gasteiger partial charge is 0.224 e. The molecule has 0 aliphatic heterocycles. The van der Waals surface area contributed by atoms with Gasteiger partial charge in [0.05, 0.1) is 45.6 Å². The fraction of sp³-hybridized carbons (Fsp3) is 0.167. The van der Waals surface area contributed by atoms with Gasteiger partial charge in [-0.3, -0.25) is 0 Å². The fourth-order valence-corrected chi connectivity index (χ4v) is 22.7. The van der Waals surface area contributed by atoms with Crippen molar-refractivity contribution in [2.75, 3.05) is 0 Å². The number of hydrogen-bond donors (Lipinski definition) is 0. The average Bonchev–Trinajstić information content (AvgIpc) is 0.728. The van der Waals surface area contributed by atoms with Crippen LogP contribution in [0, 0.1) is 0 Å². The normalized spacial score (nSPS) is 22.4. The van der Waals surface area contributed by atoms with Crippen LogP contribution in [-0.2, 0) is 0 Å². The predicted molar refractivity (Wildman–Crippen MR) is 512 cm³/mol. The van der Waals surface area contributed by atoms with E-state index in [2.05, 4.69) is 177 Å². The summed E-state index contributed by atoms with van der Waals surface area (Å²) < 4.78 is 0. The van der Waals surface area contributed by atoms with E-state index in [1.165, 1.54) is 33.4 Å². The van der Waals surface area contributed by atoms with Crippen molar-refractivity contribution in [3.63, 3.8) is 0 Å². The lowest BCUT2D eigenvalue weighted by Gasteiger charge is -2.52. The first-order valence-corrected chi connectivity index (χ1v) is 46.1. The van der Waals surface area contributed by atoms with Gasteiger partial charge in [-0.15, -0.1) is 0 Å². The number of rotatable bonds is 16. The van der Waals surface area contributed by atoms with Gasteiger partial charge in [0, 0.05) is 94.7 Å². The Hall–Kier alpha value is -8.96. The van der Waals surface area contributed by atoms with Crippen molar-refractivity contribution in [1.82, 2.24) is 79.7 Å². The summed E-state index contributed by atoms with van der Waals surface area (Å²) in [7, 11) is 0. The molecule has 0 radical (unpaired) electrons. The minimum atomic E-state index is -0.0670. The third-order valence-electron chi connectivity index (χ3n) is 23.9. The highest BCUT2D eigenvalue weighted by atomic mass is 35.5. The van der Waals surface area contributed by atoms with Gasteiger partial charge in [0.2, 0.25) is 42.3 Å². The van der Waals surface area contributed by atoms with Crippen LogP contribution < -0.4 is 0 Å². The second kappa shape index (κ2) is 40.8. The molecule has 12 atom stereocenters. The molecule has 0 N–H and O–H groups in total. The number of aromatic nitrogens is 16. The minimum absolute atomic E-state index is 0.00434. The molecule has 0 unspecified atom stereocenters. The van der Waals surface area contributed by atoms with E-state index >= 15 is 0 Å². The number of nitrogens with zero attached hydrogens (tertiary/aromatic N) is 16. The lowest BCUT2D eigenvalue weighted by atomic mass is 9.50. The van der Waals surface area contributed by atoms with Crippen LogP contribution in [-0.4, -0.2) is 79.7 Å². The van der Waals surface area contributed by atoms with Gasteiger partial charge >= 0.3 is 0 Å². The monoisotopic (exact) mass is 2000 g/mol. The molecule has 8 aromatic heterocycles. The van der Waals surface area contributed by atoms with E-state index < -0.39 is 0 Å². The lowest BCUT2D eigenvalue weighted by Crippen LogP contribution is -2.41. The molecular formula is C96H64Cl16N16. The van der Waals surface area contributed by atoms with Gasteiger partial charge in [-0.25, -0.2) is 79.7 Å². The maximum atomic E-state index is 6.27. The molecule has 4 fully saturated rings. The Morgan fingerprint density at radius 2 is 0.211 bits per heavy atom. The molecule has 0 spiro atoms. The summed E-state index contributed by atoms with van der Waals surface area (Å²) in [6.07, 6.45) is 0. The molecule has 0 amide bonds. The van der Waals surface area contributed by atoms with Crippen LogP contribution in [0.1, 0.15) is 185 Å². The van der Waals surface area contributed by atoms with E-state index in [1.807, 2.05) is 146 Å². The summed E-state index contributed by atoms with van der Waals surface area (Å²) in [5, 5.41) is 3.34. The van der Waals surface area contributed by atoms with Crippen LogP contribution in [0.4, 0.5) is 0 Å². The summed E-state index contributed by atoms with van der Waals surface area (Å²) in [6.45, 7) is 0. The molecule has 640 valence electrons. The molecule has 8 heterocycles. The quantitative estimate of drug-likeness (QED) is 0.0651. The molecule has 0 saturated heterocycles. The topological polar surface area (TPSA) is 206 Å². The number of hydrogen-bond acceptors (Lipinski definition) is 16. The Bertz CT molecular complexity index is 5560. The molecule has 128 heavy (non-hydrogen) atoms. The maximum Gasteiger partial charge on any atom is 0.224 e.